The van der Waals surface area contributed by atoms with Gasteiger partial charge >= 0.3 is 0 Å². The number of hydrogen-bond acceptors (Lipinski definition) is 3. The highest BCUT2D eigenvalue weighted by atomic mass is 19.1. The molecule has 0 fully saturated rings. The number of fused-ring (bicyclic) bond motifs is 1. The van der Waals surface area contributed by atoms with Crippen LogP contribution in [0.3, 0.4) is 0 Å². The number of anilines is 1. The van der Waals surface area contributed by atoms with Gasteiger partial charge in [-0.3, -0.25) is 0 Å². The van der Waals surface area contributed by atoms with Crippen LogP contribution in [0, 0.1) is 5.82 Å². The lowest BCUT2D eigenvalue weighted by molar-refractivity contribution is 0.619. The fraction of sp³-hybridized carbons (Fsp3) is 0.0667. The van der Waals surface area contributed by atoms with E-state index in [9.17, 15) is 4.39 Å². The van der Waals surface area contributed by atoms with E-state index >= 15 is 0 Å². The van der Waals surface area contributed by atoms with Gasteiger partial charge in [0.15, 0.2) is 5.82 Å². The summed E-state index contributed by atoms with van der Waals surface area (Å²) in [4.78, 5) is 8.08. The second kappa shape index (κ2) is 4.65. The minimum absolute atomic E-state index is 0.316. The molecule has 0 radical (unpaired) electrons. The van der Waals surface area contributed by atoms with E-state index in [4.69, 9.17) is 0 Å². The van der Waals surface area contributed by atoms with Crippen LogP contribution in [0.1, 0.15) is 0 Å². The lowest BCUT2D eigenvalue weighted by Gasteiger charge is -2.08. The van der Waals surface area contributed by atoms with Crippen LogP contribution < -0.4 is 5.32 Å². The van der Waals surface area contributed by atoms with Crippen molar-refractivity contribution < 1.29 is 4.39 Å². The highest BCUT2D eigenvalue weighted by molar-refractivity contribution is 5.95. The minimum Gasteiger partial charge on any atom is -0.357 e. The third-order valence-electron chi connectivity index (χ3n) is 3.01. The van der Waals surface area contributed by atoms with E-state index in [2.05, 4.69) is 15.3 Å². The van der Waals surface area contributed by atoms with Gasteiger partial charge in [-0.15, -0.1) is 0 Å². The Hall–Kier alpha value is -2.49. The Morgan fingerprint density at radius 2 is 1.84 bits per heavy atom. The van der Waals surface area contributed by atoms with E-state index in [0.29, 0.717) is 11.6 Å². The van der Waals surface area contributed by atoms with Gasteiger partial charge < -0.3 is 5.32 Å². The van der Waals surface area contributed by atoms with Crippen molar-refractivity contribution in [3.05, 3.63) is 54.5 Å². The summed E-state index contributed by atoms with van der Waals surface area (Å²) in [5, 5.41) is 4.86. The first-order chi connectivity index (χ1) is 9.29. The van der Waals surface area contributed by atoms with Crippen molar-refractivity contribution in [3.63, 3.8) is 0 Å². The fourth-order valence-electron chi connectivity index (χ4n) is 2.11. The summed E-state index contributed by atoms with van der Waals surface area (Å²) >= 11 is 0. The number of nitrogens with zero attached hydrogens (tertiary/aromatic N) is 2. The number of nitrogens with one attached hydrogen (secondary N) is 1. The average molecular weight is 253 g/mol. The van der Waals surface area contributed by atoms with E-state index in [1.807, 2.05) is 42.5 Å². The van der Waals surface area contributed by atoms with Gasteiger partial charge in [-0.2, -0.15) is 0 Å². The zero-order chi connectivity index (χ0) is 13.2. The molecule has 3 aromatic rings. The molecule has 1 heterocycles. The molecule has 3 rings (SSSR count). The highest BCUT2D eigenvalue weighted by Crippen LogP contribution is 2.29. The van der Waals surface area contributed by atoms with E-state index in [-0.39, 0.29) is 0 Å². The monoisotopic (exact) mass is 253 g/mol. The zero-order valence-electron chi connectivity index (χ0n) is 10.4. The average Bonchev–Trinajstić information content (AvgIpc) is 2.47. The van der Waals surface area contributed by atoms with Crippen molar-refractivity contribution in [2.45, 2.75) is 0 Å². The molecule has 0 aliphatic rings. The number of benzene rings is 2. The maximum atomic E-state index is 14.0. The van der Waals surface area contributed by atoms with E-state index < -0.39 is 5.82 Å². The molecule has 2 aromatic carbocycles. The summed E-state index contributed by atoms with van der Waals surface area (Å²) in [5.74, 6) is -0.0142. The Balaban J connectivity index is 2.30. The molecule has 0 atom stereocenters. The van der Waals surface area contributed by atoms with Crippen LogP contribution >= 0.6 is 0 Å². The molecule has 0 aliphatic carbocycles. The molecule has 0 saturated carbocycles. The largest absolute Gasteiger partial charge is 0.357 e. The molecule has 0 aliphatic heterocycles. The van der Waals surface area contributed by atoms with Crippen LogP contribution in [-0.2, 0) is 0 Å². The topological polar surface area (TPSA) is 37.8 Å². The van der Waals surface area contributed by atoms with Gasteiger partial charge in [0.1, 0.15) is 5.69 Å². The van der Waals surface area contributed by atoms with Gasteiger partial charge in [0, 0.05) is 12.6 Å². The van der Waals surface area contributed by atoms with Gasteiger partial charge in [0.2, 0.25) is 5.95 Å². The molecular weight excluding hydrogens is 241 g/mol. The summed E-state index contributed by atoms with van der Waals surface area (Å²) in [6.07, 6.45) is 1.19. The summed E-state index contributed by atoms with van der Waals surface area (Å²) < 4.78 is 14.0. The second-order valence-electron chi connectivity index (χ2n) is 4.17. The summed E-state index contributed by atoms with van der Waals surface area (Å²) in [6.45, 7) is 0. The zero-order valence-corrected chi connectivity index (χ0v) is 10.4. The van der Waals surface area contributed by atoms with E-state index in [1.54, 1.807) is 7.05 Å². The Labute approximate surface area is 110 Å². The van der Waals surface area contributed by atoms with E-state index in [1.165, 1.54) is 6.20 Å². The van der Waals surface area contributed by atoms with E-state index in [0.717, 1.165) is 16.3 Å². The first-order valence-electron chi connectivity index (χ1n) is 5.98. The number of halogens is 1. The number of aromatic nitrogens is 2. The van der Waals surface area contributed by atoms with Crippen LogP contribution in [0.5, 0.6) is 0 Å². The third-order valence-corrected chi connectivity index (χ3v) is 3.01. The quantitative estimate of drug-likeness (QED) is 0.759. The Morgan fingerprint density at radius 3 is 2.68 bits per heavy atom. The predicted molar refractivity (Wildman–Crippen MR) is 74.5 cm³/mol. The van der Waals surface area contributed by atoms with Gasteiger partial charge in [0.25, 0.3) is 0 Å². The molecule has 19 heavy (non-hydrogen) atoms. The standard InChI is InChI=1S/C15H12FN3/c1-17-15-18-9-13(16)14(19-15)12-8-4-6-10-5-2-3-7-11(10)12/h2-9H,1H3,(H,17,18,19). The molecule has 0 saturated heterocycles. The predicted octanol–water partition coefficient (Wildman–Crippen LogP) is 3.48. The van der Waals surface area contributed by atoms with Crippen molar-refractivity contribution in [3.8, 4) is 11.3 Å². The Bertz CT molecular complexity index is 735. The lowest BCUT2D eigenvalue weighted by Crippen LogP contribution is -2.00. The maximum Gasteiger partial charge on any atom is 0.223 e. The smallest absolute Gasteiger partial charge is 0.223 e. The molecule has 94 valence electrons. The van der Waals surface area contributed by atoms with Crippen LogP contribution in [0.15, 0.2) is 48.7 Å². The van der Waals surface area contributed by atoms with Crippen molar-refractivity contribution >= 4 is 16.7 Å². The molecule has 4 heteroatoms. The summed E-state index contributed by atoms with van der Waals surface area (Å²) in [7, 11) is 1.71. The molecule has 0 amide bonds. The SMILES string of the molecule is CNc1ncc(F)c(-c2cccc3ccccc23)n1. The fourth-order valence-corrected chi connectivity index (χ4v) is 2.11. The number of rotatable bonds is 2. The van der Waals surface area contributed by atoms with Crippen molar-refractivity contribution in [1.29, 1.82) is 0 Å². The highest BCUT2D eigenvalue weighted by Gasteiger charge is 2.11. The Morgan fingerprint density at radius 1 is 1.05 bits per heavy atom. The van der Waals surface area contributed by atoms with Crippen molar-refractivity contribution in [2.75, 3.05) is 12.4 Å². The molecule has 0 spiro atoms. The first kappa shape index (κ1) is 11.6. The van der Waals surface area contributed by atoms with Crippen molar-refractivity contribution in [1.82, 2.24) is 9.97 Å². The van der Waals surface area contributed by atoms with Crippen LogP contribution in [0.4, 0.5) is 10.3 Å². The van der Waals surface area contributed by atoms with Gasteiger partial charge in [-0.25, -0.2) is 14.4 Å². The van der Waals surface area contributed by atoms with Crippen LogP contribution in [-0.4, -0.2) is 17.0 Å². The van der Waals surface area contributed by atoms with Gasteiger partial charge in [-0.1, -0.05) is 42.5 Å². The second-order valence-corrected chi connectivity index (χ2v) is 4.17. The van der Waals surface area contributed by atoms with Gasteiger partial charge in [-0.05, 0) is 10.8 Å². The molecule has 1 aromatic heterocycles. The maximum absolute atomic E-state index is 14.0. The molecule has 1 N–H and O–H groups in total. The normalized spacial score (nSPS) is 10.6. The van der Waals surface area contributed by atoms with Gasteiger partial charge in [0.05, 0.1) is 6.20 Å². The Kier molecular flexibility index (Phi) is 2.83. The van der Waals surface area contributed by atoms with Crippen LogP contribution in [0.2, 0.25) is 0 Å². The van der Waals surface area contributed by atoms with Crippen molar-refractivity contribution in [2.24, 2.45) is 0 Å². The summed E-state index contributed by atoms with van der Waals surface area (Å²) in [6, 6.07) is 13.6. The third kappa shape index (κ3) is 2.01. The molecule has 3 nitrogen and oxygen atoms in total. The molecule has 0 unspecified atom stereocenters. The number of hydrogen-bond donors (Lipinski definition) is 1. The molecular formula is C15H12FN3. The minimum atomic E-state index is -0.421. The molecule has 0 bridgehead atoms. The lowest BCUT2D eigenvalue weighted by atomic mass is 10.0. The van der Waals surface area contributed by atoms with Crippen LogP contribution in [0.25, 0.3) is 22.0 Å². The summed E-state index contributed by atoms with van der Waals surface area (Å²) in [5.41, 5.74) is 1.09. The first-order valence-corrected chi connectivity index (χ1v) is 5.98.